The van der Waals surface area contributed by atoms with Crippen LogP contribution < -0.4 is 0 Å². The van der Waals surface area contributed by atoms with Crippen molar-refractivity contribution in [1.29, 1.82) is 0 Å². The molecular weight excluding hydrogens is 186 g/mol. The summed E-state index contributed by atoms with van der Waals surface area (Å²) in [5.41, 5.74) is 0. The van der Waals surface area contributed by atoms with Gasteiger partial charge in [0.2, 0.25) is 5.91 Å². The topological polar surface area (TPSA) is 40.5 Å². The molecule has 1 heterocycles. The molecule has 2 fully saturated rings. The fourth-order valence-electron chi connectivity index (χ4n) is 1.83. The van der Waals surface area contributed by atoms with Crippen LogP contribution in [-0.4, -0.2) is 46.1 Å². The predicted molar refractivity (Wildman–Crippen MR) is 52.7 cm³/mol. The molecule has 3 nitrogen and oxygen atoms in total. The third-order valence-electron chi connectivity index (χ3n) is 2.94. The van der Waals surface area contributed by atoms with Crippen LogP contribution in [0.2, 0.25) is 0 Å². The molecule has 1 aliphatic carbocycles. The standard InChI is InChI=1S/C9H15NO2S/c1-13-9(3-4-9)8(12)10-5-2-7(11)6-10/h7,11H,2-6H2,1H3/t7-/m0/s1. The average Bonchev–Trinajstić information content (AvgIpc) is 2.82. The molecule has 2 rings (SSSR count). The lowest BCUT2D eigenvalue weighted by Gasteiger charge is -2.21. The largest absolute Gasteiger partial charge is 0.391 e. The highest BCUT2D eigenvalue weighted by Gasteiger charge is 2.51. The fraction of sp³-hybridized carbons (Fsp3) is 0.889. The van der Waals surface area contributed by atoms with Crippen molar-refractivity contribution in [3.05, 3.63) is 0 Å². The summed E-state index contributed by atoms with van der Waals surface area (Å²) < 4.78 is -0.107. The van der Waals surface area contributed by atoms with E-state index in [1.54, 1.807) is 11.8 Å². The Labute approximate surface area is 82.5 Å². The second-order valence-electron chi connectivity index (χ2n) is 3.89. The Bertz CT molecular complexity index is 228. The highest BCUT2D eigenvalue weighted by Crippen LogP contribution is 2.48. The molecule has 1 saturated heterocycles. The summed E-state index contributed by atoms with van der Waals surface area (Å²) in [6.07, 6.45) is 4.48. The molecule has 0 aromatic heterocycles. The number of carbonyl (C=O) groups excluding carboxylic acids is 1. The van der Waals surface area contributed by atoms with E-state index in [4.69, 9.17) is 0 Å². The Kier molecular flexibility index (Phi) is 2.28. The minimum atomic E-state index is -0.290. The highest BCUT2D eigenvalue weighted by atomic mass is 32.2. The van der Waals surface area contributed by atoms with E-state index in [-0.39, 0.29) is 16.8 Å². The molecule has 0 aromatic carbocycles. The zero-order chi connectivity index (χ0) is 9.47. The van der Waals surface area contributed by atoms with Gasteiger partial charge in [0.15, 0.2) is 0 Å². The zero-order valence-corrected chi connectivity index (χ0v) is 8.64. The first kappa shape index (κ1) is 9.34. The second kappa shape index (κ2) is 3.17. The third kappa shape index (κ3) is 1.57. The molecule has 1 aliphatic heterocycles. The number of β-amino-alcohol motifs (C(OH)–C–C–N with tert-alkyl or cyclic N) is 1. The van der Waals surface area contributed by atoms with Gasteiger partial charge < -0.3 is 10.0 Å². The van der Waals surface area contributed by atoms with Gasteiger partial charge in [0.25, 0.3) is 0 Å². The predicted octanol–water partition coefficient (Wildman–Crippen LogP) is 0.475. The van der Waals surface area contributed by atoms with Gasteiger partial charge in [-0.25, -0.2) is 0 Å². The average molecular weight is 201 g/mol. The van der Waals surface area contributed by atoms with E-state index in [0.29, 0.717) is 6.54 Å². The van der Waals surface area contributed by atoms with Crippen molar-refractivity contribution in [2.45, 2.75) is 30.1 Å². The summed E-state index contributed by atoms with van der Waals surface area (Å²) in [5, 5.41) is 9.31. The van der Waals surface area contributed by atoms with E-state index in [2.05, 4.69) is 0 Å². The third-order valence-corrected chi connectivity index (χ3v) is 4.30. The van der Waals surface area contributed by atoms with Crippen LogP contribution in [0.1, 0.15) is 19.3 Å². The minimum Gasteiger partial charge on any atom is -0.391 e. The first-order valence-electron chi connectivity index (χ1n) is 4.70. The number of amides is 1. The first-order valence-corrected chi connectivity index (χ1v) is 5.93. The maximum Gasteiger partial charge on any atom is 0.238 e. The summed E-state index contributed by atoms with van der Waals surface area (Å²) in [5.74, 6) is 0.247. The molecule has 74 valence electrons. The highest BCUT2D eigenvalue weighted by molar-refractivity contribution is 8.01. The van der Waals surface area contributed by atoms with Crippen molar-refractivity contribution in [2.24, 2.45) is 0 Å². The van der Waals surface area contributed by atoms with Crippen molar-refractivity contribution < 1.29 is 9.90 Å². The lowest BCUT2D eigenvalue weighted by molar-refractivity contribution is -0.130. The van der Waals surface area contributed by atoms with Gasteiger partial charge in [-0.3, -0.25) is 4.79 Å². The van der Waals surface area contributed by atoms with Gasteiger partial charge >= 0.3 is 0 Å². The summed E-state index contributed by atoms with van der Waals surface area (Å²) in [7, 11) is 0. The van der Waals surface area contributed by atoms with Crippen molar-refractivity contribution >= 4 is 17.7 Å². The Morgan fingerprint density at radius 1 is 1.62 bits per heavy atom. The monoisotopic (exact) mass is 201 g/mol. The molecule has 1 saturated carbocycles. The lowest BCUT2D eigenvalue weighted by atomic mass is 10.3. The van der Waals surface area contributed by atoms with E-state index in [0.717, 1.165) is 25.8 Å². The number of nitrogens with zero attached hydrogens (tertiary/aromatic N) is 1. The first-order chi connectivity index (χ1) is 6.18. The smallest absolute Gasteiger partial charge is 0.238 e. The number of thioether (sulfide) groups is 1. The molecule has 0 unspecified atom stereocenters. The summed E-state index contributed by atoms with van der Waals surface area (Å²) in [6, 6.07) is 0. The van der Waals surface area contributed by atoms with Crippen molar-refractivity contribution in [3.63, 3.8) is 0 Å². The van der Waals surface area contributed by atoms with Crippen molar-refractivity contribution in [3.8, 4) is 0 Å². The summed E-state index contributed by atoms with van der Waals surface area (Å²) in [6.45, 7) is 1.28. The van der Waals surface area contributed by atoms with E-state index in [1.165, 1.54) is 0 Å². The van der Waals surface area contributed by atoms with Crippen LogP contribution >= 0.6 is 11.8 Å². The maximum absolute atomic E-state index is 11.9. The van der Waals surface area contributed by atoms with E-state index < -0.39 is 0 Å². The molecule has 13 heavy (non-hydrogen) atoms. The minimum absolute atomic E-state index is 0.107. The number of hydrogen-bond donors (Lipinski definition) is 1. The second-order valence-corrected chi connectivity index (χ2v) is 5.08. The zero-order valence-electron chi connectivity index (χ0n) is 7.82. The molecule has 2 aliphatic rings. The van der Waals surface area contributed by atoms with Gasteiger partial charge in [-0.1, -0.05) is 0 Å². The van der Waals surface area contributed by atoms with Gasteiger partial charge in [-0.2, -0.15) is 0 Å². The Morgan fingerprint density at radius 3 is 2.69 bits per heavy atom. The SMILES string of the molecule is CSC1(C(=O)N2CC[C@H](O)C2)CC1. The maximum atomic E-state index is 11.9. The van der Waals surface area contributed by atoms with Crippen LogP contribution in [0.4, 0.5) is 0 Å². The van der Waals surface area contributed by atoms with Crippen molar-refractivity contribution in [1.82, 2.24) is 4.90 Å². The van der Waals surface area contributed by atoms with Crippen LogP contribution in [0.3, 0.4) is 0 Å². The lowest BCUT2D eigenvalue weighted by Crippen LogP contribution is -2.37. The molecule has 1 amide bonds. The number of likely N-dealkylation sites (tertiary alicyclic amines) is 1. The van der Waals surface area contributed by atoms with Gasteiger partial charge in [0.05, 0.1) is 10.9 Å². The number of aliphatic hydroxyl groups is 1. The van der Waals surface area contributed by atoms with E-state index in [9.17, 15) is 9.90 Å². The van der Waals surface area contributed by atoms with Crippen LogP contribution in [0, 0.1) is 0 Å². The Balaban J connectivity index is 1.98. The number of aliphatic hydroxyl groups excluding tert-OH is 1. The number of rotatable bonds is 2. The molecule has 0 spiro atoms. The van der Waals surface area contributed by atoms with Crippen LogP contribution in [0.5, 0.6) is 0 Å². The molecule has 1 N–H and O–H groups in total. The van der Waals surface area contributed by atoms with Gasteiger partial charge in [-0.05, 0) is 25.5 Å². The molecular formula is C9H15NO2S. The van der Waals surface area contributed by atoms with Crippen LogP contribution in [-0.2, 0) is 4.79 Å². The quantitative estimate of drug-likeness (QED) is 0.706. The molecule has 0 radical (unpaired) electrons. The van der Waals surface area contributed by atoms with Crippen LogP contribution in [0.25, 0.3) is 0 Å². The summed E-state index contributed by atoms with van der Waals surface area (Å²) in [4.78, 5) is 13.7. The summed E-state index contributed by atoms with van der Waals surface area (Å²) >= 11 is 1.66. The van der Waals surface area contributed by atoms with Gasteiger partial charge in [-0.15, -0.1) is 11.8 Å². The van der Waals surface area contributed by atoms with Gasteiger partial charge in [0.1, 0.15) is 0 Å². The Hall–Kier alpha value is -0.220. The number of hydrogen-bond acceptors (Lipinski definition) is 3. The Morgan fingerprint density at radius 2 is 2.31 bits per heavy atom. The number of carbonyl (C=O) groups is 1. The van der Waals surface area contributed by atoms with Gasteiger partial charge in [0, 0.05) is 13.1 Å². The van der Waals surface area contributed by atoms with E-state index in [1.807, 2.05) is 11.2 Å². The van der Waals surface area contributed by atoms with Crippen LogP contribution in [0.15, 0.2) is 0 Å². The van der Waals surface area contributed by atoms with E-state index >= 15 is 0 Å². The molecule has 1 atom stereocenters. The fourth-order valence-corrected chi connectivity index (χ4v) is 2.65. The molecule has 0 bridgehead atoms. The normalized spacial score (nSPS) is 30.6. The van der Waals surface area contributed by atoms with Crippen molar-refractivity contribution in [2.75, 3.05) is 19.3 Å². The molecule has 0 aromatic rings. The molecule has 4 heteroatoms.